The summed E-state index contributed by atoms with van der Waals surface area (Å²) in [4.78, 5) is 26.2. The highest BCUT2D eigenvalue weighted by Crippen LogP contribution is 2.75. The Hall–Kier alpha value is -3.56. The molecule has 4 fully saturated rings. The minimum absolute atomic E-state index is 0.105. The number of aliphatic hydroxyl groups excluding tert-OH is 4. The van der Waals surface area contributed by atoms with Crippen molar-refractivity contribution in [2.45, 2.75) is 111 Å². The van der Waals surface area contributed by atoms with Gasteiger partial charge in [-0.1, -0.05) is 114 Å². The Morgan fingerprint density at radius 3 is 1.98 bits per heavy atom. The number of allylic oxidation sites excluding steroid dienone is 2. The molecule has 0 radical (unpaired) electrons. The molecule has 302 valence electrons. The fraction of sp³-hybridized carbons (Fsp3) is 0.583. The van der Waals surface area contributed by atoms with Crippen LogP contribution in [0.5, 0.6) is 0 Å². The van der Waals surface area contributed by atoms with Gasteiger partial charge in [0.05, 0.1) is 30.8 Å². The molecule has 8 nitrogen and oxygen atoms in total. The number of hydrogen-bond acceptors (Lipinski definition) is 8. The minimum Gasteiger partial charge on any atom is -0.462 e. The van der Waals surface area contributed by atoms with Gasteiger partial charge in [0.1, 0.15) is 12.2 Å². The molecule has 4 saturated carbocycles. The van der Waals surface area contributed by atoms with Crippen molar-refractivity contribution in [3.05, 3.63) is 95.6 Å². The number of aliphatic hydroxyl groups is 4. The summed E-state index contributed by atoms with van der Waals surface area (Å²) in [5.74, 6) is -0.995. The third-order valence-electron chi connectivity index (χ3n) is 16.3. The van der Waals surface area contributed by atoms with Crippen molar-refractivity contribution in [1.82, 2.24) is 0 Å². The summed E-state index contributed by atoms with van der Waals surface area (Å²) in [5.41, 5.74) is -0.479. The first-order chi connectivity index (χ1) is 26.5. The summed E-state index contributed by atoms with van der Waals surface area (Å²) >= 11 is 0. The van der Waals surface area contributed by atoms with Gasteiger partial charge in [-0.15, -0.1) is 0 Å². The molecule has 2 aromatic rings. The fourth-order valence-corrected chi connectivity index (χ4v) is 13.0. The second-order valence-electron chi connectivity index (χ2n) is 19.5. The zero-order chi connectivity index (χ0) is 40.3. The van der Waals surface area contributed by atoms with Crippen molar-refractivity contribution >= 4 is 24.1 Å². The van der Waals surface area contributed by atoms with E-state index in [1.54, 1.807) is 12.2 Å². The van der Waals surface area contributed by atoms with Gasteiger partial charge in [0.15, 0.2) is 0 Å². The lowest BCUT2D eigenvalue weighted by molar-refractivity contribution is -0.262. The first-order valence-electron chi connectivity index (χ1n) is 20.7. The summed E-state index contributed by atoms with van der Waals surface area (Å²) < 4.78 is 11.9. The van der Waals surface area contributed by atoms with E-state index in [9.17, 15) is 30.0 Å². The number of ether oxygens (including phenoxy) is 2. The van der Waals surface area contributed by atoms with E-state index in [1.165, 1.54) is 17.7 Å². The Morgan fingerprint density at radius 2 is 1.38 bits per heavy atom. The van der Waals surface area contributed by atoms with Crippen LogP contribution in [0.15, 0.2) is 84.5 Å². The van der Waals surface area contributed by atoms with Gasteiger partial charge in [0, 0.05) is 23.0 Å². The molecule has 0 heterocycles. The van der Waals surface area contributed by atoms with E-state index >= 15 is 0 Å². The average Bonchev–Trinajstić information content (AvgIpc) is 3.17. The van der Waals surface area contributed by atoms with Gasteiger partial charge in [0.25, 0.3) is 0 Å². The zero-order valence-corrected chi connectivity index (χ0v) is 34.0. The van der Waals surface area contributed by atoms with Crippen molar-refractivity contribution < 1.29 is 39.5 Å². The maximum absolute atomic E-state index is 13.2. The van der Waals surface area contributed by atoms with E-state index < -0.39 is 64.6 Å². The van der Waals surface area contributed by atoms with Crippen molar-refractivity contribution in [3.8, 4) is 0 Å². The lowest BCUT2D eigenvalue weighted by Crippen LogP contribution is -2.72. The summed E-state index contributed by atoms with van der Waals surface area (Å²) in [6.45, 7) is 12.8. The van der Waals surface area contributed by atoms with Gasteiger partial charge in [0.2, 0.25) is 0 Å². The molecular formula is C48H62O8. The highest BCUT2D eigenvalue weighted by atomic mass is 16.6. The van der Waals surface area contributed by atoms with Crippen LogP contribution in [-0.2, 0) is 19.1 Å². The number of esters is 2. The van der Waals surface area contributed by atoms with Crippen molar-refractivity contribution in [2.75, 3.05) is 13.2 Å². The predicted molar refractivity (Wildman–Crippen MR) is 216 cm³/mol. The van der Waals surface area contributed by atoms with Crippen LogP contribution in [0.2, 0.25) is 0 Å². The van der Waals surface area contributed by atoms with Crippen molar-refractivity contribution in [2.24, 2.45) is 50.2 Å². The fourth-order valence-electron chi connectivity index (χ4n) is 13.0. The van der Waals surface area contributed by atoms with Crippen LogP contribution in [-0.4, -0.2) is 70.0 Å². The second kappa shape index (κ2) is 14.7. The molecule has 0 aromatic heterocycles. The molecule has 7 rings (SSSR count). The zero-order valence-electron chi connectivity index (χ0n) is 34.0. The standard InChI is InChI=1S/C48H62O8/c1-43(2)27-34-33-19-20-36-44(3)25-24-37(50)45(4,30-55-39(52)21-17-31-13-9-7-10-14-31)35(44)23-26-46(36,5)47(33,6)28-38(51)48(34,29-49)41(54)42(43)56-40(53)22-18-32-15-11-8-12-16-32/h7-19,21-22,34-38,41-42,49-51,54H,20,23-30H2,1-6H3/b21-17+,22-18+/t34?,35?,36?,37-,38+,41-,42-,44-,45+,46+,47+,48-/m0/s1. The van der Waals surface area contributed by atoms with E-state index in [0.717, 1.165) is 36.8 Å². The van der Waals surface area contributed by atoms with Gasteiger partial charge in [-0.2, -0.15) is 0 Å². The molecule has 12 atom stereocenters. The molecule has 0 aliphatic heterocycles. The van der Waals surface area contributed by atoms with E-state index in [0.29, 0.717) is 19.3 Å². The van der Waals surface area contributed by atoms with E-state index in [2.05, 4.69) is 33.8 Å². The summed E-state index contributed by atoms with van der Waals surface area (Å²) in [7, 11) is 0. The summed E-state index contributed by atoms with van der Waals surface area (Å²) in [6, 6.07) is 19.1. The predicted octanol–water partition coefficient (Wildman–Crippen LogP) is 7.55. The maximum atomic E-state index is 13.2. The Balaban J connectivity index is 1.15. The smallest absolute Gasteiger partial charge is 0.331 e. The molecule has 56 heavy (non-hydrogen) atoms. The Labute approximate surface area is 332 Å². The third-order valence-corrected chi connectivity index (χ3v) is 16.3. The molecule has 8 heteroatoms. The number of fused-ring (bicyclic) bond motifs is 7. The molecule has 0 amide bonds. The number of rotatable bonds is 8. The number of hydrogen-bond donors (Lipinski definition) is 4. The Bertz CT molecular complexity index is 1870. The molecule has 0 spiro atoms. The van der Waals surface area contributed by atoms with E-state index in [4.69, 9.17) is 9.47 Å². The Morgan fingerprint density at radius 1 is 0.768 bits per heavy atom. The molecule has 2 aromatic carbocycles. The van der Waals surface area contributed by atoms with E-state index in [1.807, 2.05) is 74.5 Å². The number of carbonyl (C=O) groups is 2. The van der Waals surface area contributed by atoms with Crippen LogP contribution in [0.3, 0.4) is 0 Å². The van der Waals surface area contributed by atoms with Gasteiger partial charge in [-0.25, -0.2) is 9.59 Å². The van der Waals surface area contributed by atoms with Crippen LogP contribution in [0, 0.1) is 50.2 Å². The van der Waals surface area contributed by atoms with Crippen LogP contribution in [0.1, 0.15) is 97.6 Å². The first-order valence-corrected chi connectivity index (χ1v) is 20.7. The van der Waals surface area contributed by atoms with Gasteiger partial charge >= 0.3 is 11.9 Å². The average molecular weight is 767 g/mol. The third kappa shape index (κ3) is 6.34. The topological polar surface area (TPSA) is 134 Å². The lowest BCUT2D eigenvalue weighted by atomic mass is 9.33. The minimum atomic E-state index is -1.30. The summed E-state index contributed by atoms with van der Waals surface area (Å²) in [6.07, 6.45) is 9.58. The van der Waals surface area contributed by atoms with Crippen molar-refractivity contribution in [3.63, 3.8) is 0 Å². The monoisotopic (exact) mass is 766 g/mol. The second-order valence-corrected chi connectivity index (χ2v) is 19.5. The molecule has 3 unspecified atom stereocenters. The maximum Gasteiger partial charge on any atom is 0.331 e. The highest BCUT2D eigenvalue weighted by molar-refractivity contribution is 5.87. The highest BCUT2D eigenvalue weighted by Gasteiger charge is 2.73. The lowest BCUT2D eigenvalue weighted by Gasteiger charge is -2.72. The van der Waals surface area contributed by atoms with Gasteiger partial charge < -0.3 is 29.9 Å². The van der Waals surface area contributed by atoms with Gasteiger partial charge in [-0.05, 0) is 102 Å². The van der Waals surface area contributed by atoms with Crippen molar-refractivity contribution in [1.29, 1.82) is 0 Å². The molecule has 5 aliphatic rings. The van der Waals surface area contributed by atoms with Crippen LogP contribution < -0.4 is 0 Å². The van der Waals surface area contributed by atoms with Crippen LogP contribution >= 0.6 is 0 Å². The molecule has 0 bridgehead atoms. The number of benzene rings is 2. The number of carbonyl (C=O) groups excluding carboxylic acids is 2. The first kappa shape index (κ1) is 40.6. The quantitative estimate of drug-likeness (QED) is 0.123. The molecule has 4 N–H and O–H groups in total. The van der Waals surface area contributed by atoms with E-state index in [-0.39, 0.29) is 35.2 Å². The summed E-state index contributed by atoms with van der Waals surface area (Å²) in [5, 5.41) is 47.5. The van der Waals surface area contributed by atoms with Crippen LogP contribution in [0.4, 0.5) is 0 Å². The molecule has 5 aliphatic carbocycles. The Kier molecular flexibility index (Phi) is 10.6. The van der Waals surface area contributed by atoms with Crippen LogP contribution in [0.25, 0.3) is 12.2 Å². The van der Waals surface area contributed by atoms with Gasteiger partial charge in [-0.3, -0.25) is 0 Å². The molecular weight excluding hydrogens is 705 g/mol. The largest absolute Gasteiger partial charge is 0.462 e. The normalized spacial score (nSPS) is 41.5. The molecule has 0 saturated heterocycles. The SMILES string of the molecule is CC1(C)CC2C3=CCC4[C@@]5(C)CC[C@H](O)[C@](C)(COC(=O)/C=C/c6ccccc6)C5CC[C@@]4(C)[C@]3(C)C[C@@H](O)[C@@]2(CO)[C@@H](O)[C@@H]1OC(=O)/C=C/c1ccccc1.